The van der Waals surface area contributed by atoms with Crippen molar-refractivity contribution in [3.63, 3.8) is 0 Å². The minimum Gasteiger partial charge on any atom is -0.327 e. The number of nitrogens with one attached hydrogen (secondary N) is 1. The lowest BCUT2D eigenvalue weighted by Crippen LogP contribution is -1.98. The Morgan fingerprint density at radius 1 is 1.75 bits per heavy atom. The van der Waals surface area contributed by atoms with Gasteiger partial charge in [0.2, 0.25) is 6.41 Å². The second kappa shape index (κ2) is 3.87. The average Bonchev–Trinajstić information content (AvgIpc) is 2.01. The van der Waals surface area contributed by atoms with Crippen molar-refractivity contribution in [3.05, 3.63) is 21.4 Å². The molecular formula is C7H6BrClN2O. The molecule has 0 unspecified atom stereocenters. The van der Waals surface area contributed by atoms with E-state index in [1.165, 1.54) is 0 Å². The maximum atomic E-state index is 10.1. The van der Waals surface area contributed by atoms with Crippen LogP contribution in [0.2, 0.25) is 5.02 Å². The predicted molar refractivity (Wildman–Crippen MR) is 51.4 cm³/mol. The molecule has 0 aliphatic rings. The van der Waals surface area contributed by atoms with Crippen molar-refractivity contribution in [2.45, 2.75) is 6.92 Å². The van der Waals surface area contributed by atoms with Crippen LogP contribution in [-0.4, -0.2) is 11.4 Å². The number of aryl methyl sites for hydroxylation is 1. The van der Waals surface area contributed by atoms with Crippen LogP contribution in [-0.2, 0) is 4.79 Å². The summed E-state index contributed by atoms with van der Waals surface area (Å²) in [5.41, 5.74) is 1.34. The number of amides is 1. The van der Waals surface area contributed by atoms with Gasteiger partial charge < -0.3 is 5.32 Å². The number of pyridine rings is 1. The van der Waals surface area contributed by atoms with Crippen molar-refractivity contribution in [1.82, 2.24) is 4.98 Å². The van der Waals surface area contributed by atoms with Crippen LogP contribution in [0, 0.1) is 6.92 Å². The van der Waals surface area contributed by atoms with Gasteiger partial charge in [0.15, 0.2) is 0 Å². The molecule has 0 saturated carbocycles. The topological polar surface area (TPSA) is 42.0 Å². The number of hydrogen-bond donors (Lipinski definition) is 1. The first-order chi connectivity index (χ1) is 5.65. The van der Waals surface area contributed by atoms with Crippen LogP contribution < -0.4 is 5.32 Å². The second-order valence-corrected chi connectivity index (χ2v) is 3.31. The Labute approximate surface area is 83.3 Å². The quantitative estimate of drug-likeness (QED) is 0.646. The van der Waals surface area contributed by atoms with E-state index in [1.54, 1.807) is 13.0 Å². The Morgan fingerprint density at radius 3 is 3.00 bits per heavy atom. The Balaban J connectivity index is 3.13. The zero-order valence-corrected chi connectivity index (χ0v) is 8.61. The Morgan fingerprint density at radius 2 is 2.42 bits per heavy atom. The maximum Gasteiger partial charge on any atom is 0.211 e. The SMILES string of the molecule is Cc1nc(Br)c(Cl)cc1NC=O. The van der Waals surface area contributed by atoms with Crippen LogP contribution in [0.4, 0.5) is 5.69 Å². The Kier molecular flexibility index (Phi) is 3.05. The van der Waals surface area contributed by atoms with E-state index in [-0.39, 0.29) is 0 Å². The molecule has 1 amide bonds. The van der Waals surface area contributed by atoms with Crippen molar-refractivity contribution in [2.24, 2.45) is 0 Å². The summed E-state index contributed by atoms with van der Waals surface area (Å²) < 4.78 is 0.582. The summed E-state index contributed by atoms with van der Waals surface area (Å²) in [4.78, 5) is 14.2. The van der Waals surface area contributed by atoms with Gasteiger partial charge in [-0.3, -0.25) is 4.79 Å². The van der Waals surface area contributed by atoms with Crippen molar-refractivity contribution < 1.29 is 4.79 Å². The summed E-state index contributed by atoms with van der Waals surface area (Å²) in [6, 6.07) is 1.64. The van der Waals surface area contributed by atoms with Gasteiger partial charge in [-0.25, -0.2) is 4.98 Å². The predicted octanol–water partition coefficient (Wildman–Crippen LogP) is 2.37. The number of aromatic nitrogens is 1. The van der Waals surface area contributed by atoms with E-state index in [4.69, 9.17) is 11.6 Å². The van der Waals surface area contributed by atoms with Gasteiger partial charge in [0.25, 0.3) is 0 Å². The van der Waals surface area contributed by atoms with Crippen molar-refractivity contribution in [3.8, 4) is 0 Å². The fourth-order valence-electron chi connectivity index (χ4n) is 0.761. The highest BCUT2D eigenvalue weighted by Gasteiger charge is 2.03. The van der Waals surface area contributed by atoms with Crippen LogP contribution in [0.15, 0.2) is 10.7 Å². The second-order valence-electron chi connectivity index (χ2n) is 2.16. The first-order valence-electron chi connectivity index (χ1n) is 3.18. The van der Waals surface area contributed by atoms with E-state index in [0.717, 1.165) is 5.69 Å². The summed E-state index contributed by atoms with van der Waals surface area (Å²) in [6.45, 7) is 1.78. The van der Waals surface area contributed by atoms with Gasteiger partial charge in [-0.15, -0.1) is 0 Å². The van der Waals surface area contributed by atoms with Gasteiger partial charge in [-0.1, -0.05) is 11.6 Å². The molecule has 0 spiro atoms. The molecule has 1 aromatic heterocycles. The molecule has 0 aromatic carbocycles. The minimum absolute atomic E-state index is 0.477. The van der Waals surface area contributed by atoms with E-state index >= 15 is 0 Å². The number of halogens is 2. The van der Waals surface area contributed by atoms with Gasteiger partial charge in [-0.2, -0.15) is 0 Å². The number of carbonyl (C=O) groups excluding carboxylic acids is 1. The highest BCUT2D eigenvalue weighted by Crippen LogP contribution is 2.25. The zero-order valence-electron chi connectivity index (χ0n) is 6.27. The number of hydrogen-bond acceptors (Lipinski definition) is 2. The maximum absolute atomic E-state index is 10.1. The first kappa shape index (κ1) is 9.48. The molecule has 1 N–H and O–H groups in total. The third-order valence-electron chi connectivity index (χ3n) is 1.34. The van der Waals surface area contributed by atoms with Crippen molar-refractivity contribution in [2.75, 3.05) is 5.32 Å². The number of rotatable bonds is 2. The highest BCUT2D eigenvalue weighted by molar-refractivity contribution is 9.10. The molecule has 5 heteroatoms. The fraction of sp³-hybridized carbons (Fsp3) is 0.143. The summed E-state index contributed by atoms with van der Waals surface area (Å²) >= 11 is 8.93. The molecule has 0 atom stereocenters. The van der Waals surface area contributed by atoms with Crippen LogP contribution in [0.5, 0.6) is 0 Å². The highest BCUT2D eigenvalue weighted by atomic mass is 79.9. The van der Waals surface area contributed by atoms with E-state index < -0.39 is 0 Å². The lowest BCUT2D eigenvalue weighted by molar-refractivity contribution is -0.105. The largest absolute Gasteiger partial charge is 0.327 e. The first-order valence-corrected chi connectivity index (χ1v) is 4.35. The molecule has 0 saturated heterocycles. The minimum atomic E-state index is 0.477. The zero-order chi connectivity index (χ0) is 9.14. The number of carbonyl (C=O) groups is 1. The molecular weight excluding hydrogens is 243 g/mol. The summed E-state index contributed by atoms with van der Waals surface area (Å²) in [5.74, 6) is 0. The molecule has 1 heterocycles. The smallest absolute Gasteiger partial charge is 0.211 e. The van der Waals surface area contributed by atoms with Gasteiger partial charge in [0.1, 0.15) is 4.60 Å². The van der Waals surface area contributed by atoms with Crippen LogP contribution >= 0.6 is 27.5 Å². The van der Waals surface area contributed by atoms with E-state index in [0.29, 0.717) is 21.7 Å². The third-order valence-corrected chi connectivity index (χ3v) is 2.46. The van der Waals surface area contributed by atoms with Crippen molar-refractivity contribution in [1.29, 1.82) is 0 Å². The van der Waals surface area contributed by atoms with Gasteiger partial charge in [-0.05, 0) is 28.9 Å². The fourth-order valence-corrected chi connectivity index (χ4v) is 1.29. The molecule has 0 aliphatic heterocycles. The molecule has 0 fully saturated rings. The van der Waals surface area contributed by atoms with E-state index in [9.17, 15) is 4.79 Å². The molecule has 0 aliphatic carbocycles. The molecule has 1 rings (SSSR count). The monoisotopic (exact) mass is 248 g/mol. The molecule has 3 nitrogen and oxygen atoms in total. The molecule has 0 bridgehead atoms. The standard InChI is InChI=1S/C7H6BrClN2O/c1-4-6(10-3-12)2-5(9)7(8)11-4/h2-3H,1H3,(H,10,12). The summed E-state index contributed by atoms with van der Waals surface area (Å²) in [7, 11) is 0. The van der Waals surface area contributed by atoms with Crippen molar-refractivity contribution >= 4 is 39.6 Å². The van der Waals surface area contributed by atoms with Gasteiger partial charge in [0.05, 0.1) is 16.4 Å². The van der Waals surface area contributed by atoms with Crippen LogP contribution in [0.1, 0.15) is 5.69 Å². The van der Waals surface area contributed by atoms with Crippen LogP contribution in [0.3, 0.4) is 0 Å². The molecule has 1 aromatic rings. The number of anilines is 1. The molecule has 0 radical (unpaired) electrons. The normalized spacial score (nSPS) is 9.58. The van der Waals surface area contributed by atoms with E-state index in [1.807, 2.05) is 0 Å². The lowest BCUT2D eigenvalue weighted by Gasteiger charge is -2.04. The summed E-state index contributed by atoms with van der Waals surface area (Å²) in [5, 5.41) is 2.97. The van der Waals surface area contributed by atoms with Gasteiger partial charge >= 0.3 is 0 Å². The average molecular weight is 249 g/mol. The molecule has 64 valence electrons. The molecule has 12 heavy (non-hydrogen) atoms. The van der Waals surface area contributed by atoms with E-state index in [2.05, 4.69) is 26.2 Å². The number of nitrogens with zero attached hydrogens (tertiary/aromatic N) is 1. The summed E-state index contributed by atoms with van der Waals surface area (Å²) in [6.07, 6.45) is 0.592. The Bertz CT molecular complexity index is 317. The van der Waals surface area contributed by atoms with Crippen LogP contribution in [0.25, 0.3) is 0 Å². The third kappa shape index (κ3) is 1.95. The lowest BCUT2D eigenvalue weighted by atomic mass is 10.3. The van der Waals surface area contributed by atoms with Gasteiger partial charge in [0, 0.05) is 0 Å². The Hall–Kier alpha value is -0.610.